The third-order valence-electron chi connectivity index (χ3n) is 5.14. The Labute approximate surface area is 188 Å². The van der Waals surface area contributed by atoms with Crippen molar-refractivity contribution in [2.45, 2.75) is 6.04 Å². The van der Waals surface area contributed by atoms with Gasteiger partial charge in [0.15, 0.2) is 0 Å². The van der Waals surface area contributed by atoms with Gasteiger partial charge in [0.05, 0.1) is 31.5 Å². The van der Waals surface area contributed by atoms with E-state index in [-0.39, 0.29) is 13.2 Å². The van der Waals surface area contributed by atoms with E-state index in [4.69, 9.17) is 25.8 Å². The number of urea groups is 1. The highest BCUT2D eigenvalue weighted by molar-refractivity contribution is 6.30. The van der Waals surface area contributed by atoms with Gasteiger partial charge in [0.25, 0.3) is 0 Å². The van der Waals surface area contributed by atoms with Gasteiger partial charge in [0, 0.05) is 28.9 Å². The summed E-state index contributed by atoms with van der Waals surface area (Å²) in [7, 11) is 3.00. The van der Waals surface area contributed by atoms with Crippen molar-refractivity contribution in [3.8, 4) is 11.5 Å². The molecule has 2 aliphatic heterocycles. The van der Waals surface area contributed by atoms with Crippen molar-refractivity contribution in [3.63, 3.8) is 0 Å². The summed E-state index contributed by atoms with van der Waals surface area (Å²) in [4.78, 5) is 39.2. The molecule has 32 heavy (non-hydrogen) atoms. The maximum Gasteiger partial charge on any atom is 0.338 e. The summed E-state index contributed by atoms with van der Waals surface area (Å²) in [6.07, 6.45) is 0. The summed E-state index contributed by atoms with van der Waals surface area (Å²) < 4.78 is 15.6. The molecule has 0 spiro atoms. The quantitative estimate of drug-likeness (QED) is 0.646. The van der Waals surface area contributed by atoms with Crippen LogP contribution in [0.4, 0.5) is 10.5 Å². The Balaban J connectivity index is 1.57. The first-order valence-electron chi connectivity index (χ1n) is 9.66. The molecule has 0 saturated carbocycles. The van der Waals surface area contributed by atoms with Crippen molar-refractivity contribution < 1.29 is 28.6 Å². The standard InChI is InChI=1S/C22H20ClN3O6/c1-30-15-7-14(8-16(9-15)31-2)24-18(27)10-26-17-11-32-21(28)19(17)20(25-22(26)29)12-3-5-13(23)6-4-12/h3-9,20H,10-11H2,1-2H3,(H,24,27)(H,25,29). The smallest absolute Gasteiger partial charge is 0.338 e. The molecule has 3 amide bonds. The molecule has 2 heterocycles. The minimum Gasteiger partial charge on any atom is -0.497 e. The van der Waals surface area contributed by atoms with Crippen LogP contribution in [0, 0.1) is 0 Å². The molecule has 0 fully saturated rings. The van der Waals surface area contributed by atoms with Crippen LogP contribution in [-0.4, -0.2) is 50.2 Å². The number of methoxy groups -OCH3 is 2. The van der Waals surface area contributed by atoms with Crippen LogP contribution in [0.25, 0.3) is 0 Å². The number of nitrogens with zero attached hydrogens (tertiary/aromatic N) is 1. The Morgan fingerprint density at radius 1 is 1.16 bits per heavy atom. The largest absolute Gasteiger partial charge is 0.497 e. The number of esters is 1. The summed E-state index contributed by atoms with van der Waals surface area (Å²) in [5, 5.41) is 6.02. The molecule has 1 unspecified atom stereocenters. The second-order valence-corrected chi connectivity index (χ2v) is 7.54. The van der Waals surface area contributed by atoms with E-state index in [0.29, 0.717) is 39.0 Å². The summed E-state index contributed by atoms with van der Waals surface area (Å²) in [5.41, 5.74) is 1.78. The fourth-order valence-corrected chi connectivity index (χ4v) is 3.73. The number of anilines is 1. The van der Waals surface area contributed by atoms with E-state index >= 15 is 0 Å². The van der Waals surface area contributed by atoms with Crippen LogP contribution in [0.15, 0.2) is 53.7 Å². The molecular formula is C22H20ClN3O6. The van der Waals surface area contributed by atoms with Crippen molar-refractivity contribution in [1.29, 1.82) is 0 Å². The summed E-state index contributed by atoms with van der Waals surface area (Å²) in [5.74, 6) is -0.00333. The van der Waals surface area contributed by atoms with Gasteiger partial charge in [-0.15, -0.1) is 0 Å². The predicted molar refractivity (Wildman–Crippen MR) is 116 cm³/mol. The lowest BCUT2D eigenvalue weighted by atomic mass is 9.96. The maximum absolute atomic E-state index is 12.9. The van der Waals surface area contributed by atoms with Crippen LogP contribution in [0.1, 0.15) is 11.6 Å². The lowest BCUT2D eigenvalue weighted by molar-refractivity contribution is -0.136. The number of ether oxygens (including phenoxy) is 3. The van der Waals surface area contributed by atoms with Crippen molar-refractivity contribution in [3.05, 3.63) is 64.3 Å². The number of rotatable bonds is 6. The molecule has 9 nitrogen and oxygen atoms in total. The lowest BCUT2D eigenvalue weighted by Gasteiger charge is -2.32. The first-order valence-corrected chi connectivity index (χ1v) is 10.0. The van der Waals surface area contributed by atoms with E-state index in [0.717, 1.165) is 0 Å². The zero-order chi connectivity index (χ0) is 22.8. The number of cyclic esters (lactones) is 1. The van der Waals surface area contributed by atoms with Crippen LogP contribution in [0.5, 0.6) is 11.5 Å². The highest BCUT2D eigenvalue weighted by Crippen LogP contribution is 2.35. The van der Waals surface area contributed by atoms with Gasteiger partial charge in [0.1, 0.15) is 24.7 Å². The number of halogens is 1. The van der Waals surface area contributed by atoms with Crippen molar-refractivity contribution in [2.24, 2.45) is 0 Å². The summed E-state index contributed by atoms with van der Waals surface area (Å²) >= 11 is 5.94. The van der Waals surface area contributed by atoms with E-state index in [1.807, 2.05) is 0 Å². The SMILES string of the molecule is COc1cc(NC(=O)CN2C(=O)NC(c3ccc(Cl)cc3)C3=C2COC3=O)cc(OC)c1. The molecule has 0 saturated heterocycles. The normalized spacial score (nSPS) is 17.5. The van der Waals surface area contributed by atoms with Gasteiger partial charge >= 0.3 is 12.0 Å². The topological polar surface area (TPSA) is 106 Å². The fourth-order valence-electron chi connectivity index (χ4n) is 3.61. The first kappa shape index (κ1) is 21.5. The first-order chi connectivity index (χ1) is 15.4. The average Bonchev–Trinajstić information content (AvgIpc) is 3.17. The van der Waals surface area contributed by atoms with Gasteiger partial charge in [-0.25, -0.2) is 9.59 Å². The molecule has 0 aliphatic carbocycles. The number of benzene rings is 2. The average molecular weight is 458 g/mol. The zero-order valence-corrected chi connectivity index (χ0v) is 18.1. The molecule has 2 aliphatic rings. The minimum absolute atomic E-state index is 0.0913. The van der Waals surface area contributed by atoms with Gasteiger partial charge in [-0.05, 0) is 17.7 Å². The number of hydrogen-bond acceptors (Lipinski definition) is 6. The molecule has 0 radical (unpaired) electrons. The van der Waals surface area contributed by atoms with Gasteiger partial charge < -0.3 is 24.8 Å². The number of hydrogen-bond donors (Lipinski definition) is 2. The second kappa shape index (κ2) is 8.80. The van der Waals surface area contributed by atoms with E-state index in [9.17, 15) is 14.4 Å². The lowest BCUT2D eigenvalue weighted by Crippen LogP contribution is -2.49. The summed E-state index contributed by atoms with van der Waals surface area (Å²) in [6.45, 7) is -0.403. The fraction of sp³-hybridized carbons (Fsp3) is 0.227. The molecule has 0 aromatic heterocycles. The van der Waals surface area contributed by atoms with E-state index < -0.39 is 23.9 Å². The molecule has 10 heteroatoms. The molecule has 0 bridgehead atoms. The Morgan fingerprint density at radius 3 is 2.44 bits per heavy atom. The molecule has 2 aromatic rings. The van der Waals surface area contributed by atoms with Gasteiger partial charge in [-0.3, -0.25) is 9.69 Å². The number of nitrogens with one attached hydrogen (secondary N) is 2. The zero-order valence-electron chi connectivity index (χ0n) is 17.3. The molecule has 166 valence electrons. The van der Waals surface area contributed by atoms with Crippen molar-refractivity contribution >= 4 is 35.2 Å². The van der Waals surface area contributed by atoms with E-state index in [1.165, 1.54) is 19.1 Å². The Hall–Kier alpha value is -3.72. The Kier molecular flexibility index (Phi) is 5.91. The molecule has 2 aromatic carbocycles. The van der Waals surface area contributed by atoms with E-state index in [1.54, 1.807) is 42.5 Å². The van der Waals surface area contributed by atoms with Crippen LogP contribution < -0.4 is 20.1 Å². The number of carbonyl (C=O) groups is 3. The van der Waals surface area contributed by atoms with Crippen LogP contribution in [0.3, 0.4) is 0 Å². The summed E-state index contributed by atoms with van der Waals surface area (Å²) in [6, 6.07) is 10.5. The van der Waals surface area contributed by atoms with Gasteiger partial charge in [-0.2, -0.15) is 0 Å². The molecular weight excluding hydrogens is 438 g/mol. The Morgan fingerprint density at radius 2 is 1.81 bits per heavy atom. The predicted octanol–water partition coefficient (Wildman–Crippen LogP) is 2.87. The van der Waals surface area contributed by atoms with Crippen molar-refractivity contribution in [1.82, 2.24) is 10.2 Å². The maximum atomic E-state index is 12.9. The van der Waals surface area contributed by atoms with Crippen LogP contribution >= 0.6 is 11.6 Å². The van der Waals surface area contributed by atoms with E-state index in [2.05, 4.69) is 10.6 Å². The minimum atomic E-state index is -0.688. The molecule has 4 rings (SSSR count). The van der Waals surface area contributed by atoms with Gasteiger partial charge in [0.2, 0.25) is 5.91 Å². The van der Waals surface area contributed by atoms with Crippen LogP contribution in [-0.2, 0) is 14.3 Å². The number of carbonyl (C=O) groups excluding carboxylic acids is 3. The Bertz CT molecular complexity index is 1090. The molecule has 1 atom stereocenters. The number of amides is 3. The second-order valence-electron chi connectivity index (χ2n) is 7.11. The third kappa shape index (κ3) is 4.19. The van der Waals surface area contributed by atoms with Gasteiger partial charge in [-0.1, -0.05) is 23.7 Å². The highest BCUT2D eigenvalue weighted by Gasteiger charge is 2.42. The monoisotopic (exact) mass is 457 g/mol. The third-order valence-corrected chi connectivity index (χ3v) is 5.39. The highest BCUT2D eigenvalue weighted by atomic mass is 35.5. The van der Waals surface area contributed by atoms with Crippen LogP contribution in [0.2, 0.25) is 5.02 Å². The molecule has 2 N–H and O–H groups in total. The van der Waals surface area contributed by atoms with Crippen molar-refractivity contribution in [2.75, 3.05) is 32.7 Å².